The molecule has 2 fully saturated rings. The predicted molar refractivity (Wildman–Crippen MR) is 69.7 cm³/mol. The van der Waals surface area contributed by atoms with Crippen molar-refractivity contribution >= 4 is 0 Å². The van der Waals surface area contributed by atoms with Gasteiger partial charge in [0, 0.05) is 12.1 Å². The highest BCUT2D eigenvalue weighted by molar-refractivity contribution is 5.13. The molecular formula is C14H25N3. The Kier molecular flexibility index (Phi) is 4.06. The summed E-state index contributed by atoms with van der Waals surface area (Å²) < 4.78 is 0. The van der Waals surface area contributed by atoms with Crippen molar-refractivity contribution in [3.05, 3.63) is 0 Å². The van der Waals surface area contributed by atoms with Gasteiger partial charge in [-0.3, -0.25) is 10.2 Å². The van der Waals surface area contributed by atoms with Crippen molar-refractivity contribution in [2.45, 2.75) is 70.0 Å². The van der Waals surface area contributed by atoms with Crippen LogP contribution >= 0.6 is 0 Å². The van der Waals surface area contributed by atoms with E-state index >= 15 is 0 Å². The van der Waals surface area contributed by atoms with Crippen molar-refractivity contribution in [1.82, 2.24) is 10.2 Å². The number of nitrogens with zero attached hydrogens (tertiary/aromatic N) is 2. The molecule has 1 aliphatic heterocycles. The predicted octanol–water partition coefficient (Wildman–Crippen LogP) is 2.29. The smallest absolute Gasteiger partial charge is 0.108 e. The molecule has 0 spiro atoms. The van der Waals surface area contributed by atoms with Crippen molar-refractivity contribution in [3.8, 4) is 6.07 Å². The minimum atomic E-state index is -0.240. The fraction of sp³-hybridized carbons (Fsp3) is 0.929. The molecule has 1 N–H and O–H groups in total. The van der Waals surface area contributed by atoms with Gasteiger partial charge in [0.2, 0.25) is 0 Å². The van der Waals surface area contributed by atoms with Gasteiger partial charge in [0.05, 0.1) is 6.07 Å². The minimum absolute atomic E-state index is 0.240. The Balaban J connectivity index is 1.99. The Morgan fingerprint density at radius 3 is 2.88 bits per heavy atom. The van der Waals surface area contributed by atoms with E-state index < -0.39 is 0 Å². The van der Waals surface area contributed by atoms with E-state index in [0.717, 1.165) is 19.4 Å². The lowest BCUT2D eigenvalue weighted by Gasteiger charge is -2.38. The fourth-order valence-electron chi connectivity index (χ4n) is 3.61. The van der Waals surface area contributed by atoms with Crippen molar-refractivity contribution in [1.29, 1.82) is 5.26 Å². The molecule has 1 heterocycles. The summed E-state index contributed by atoms with van der Waals surface area (Å²) in [6.07, 6.45) is 7.26. The molecule has 0 radical (unpaired) electrons. The number of nitrogens with one attached hydrogen (secondary N) is 1. The molecule has 3 heteroatoms. The quantitative estimate of drug-likeness (QED) is 0.815. The number of rotatable bonds is 3. The van der Waals surface area contributed by atoms with Crippen molar-refractivity contribution in [3.63, 3.8) is 0 Å². The lowest BCUT2D eigenvalue weighted by molar-refractivity contribution is 0.105. The molecule has 3 atom stereocenters. The first-order valence-electron chi connectivity index (χ1n) is 7.13. The van der Waals surface area contributed by atoms with Gasteiger partial charge in [-0.2, -0.15) is 5.26 Å². The summed E-state index contributed by atoms with van der Waals surface area (Å²) in [5, 5.41) is 12.8. The van der Waals surface area contributed by atoms with Crippen LogP contribution in [0.5, 0.6) is 0 Å². The van der Waals surface area contributed by atoms with E-state index in [0.29, 0.717) is 12.1 Å². The van der Waals surface area contributed by atoms with Gasteiger partial charge in [0.25, 0.3) is 0 Å². The van der Waals surface area contributed by atoms with E-state index in [2.05, 4.69) is 30.1 Å². The van der Waals surface area contributed by atoms with Gasteiger partial charge >= 0.3 is 0 Å². The molecule has 1 saturated carbocycles. The van der Waals surface area contributed by atoms with Crippen LogP contribution < -0.4 is 5.32 Å². The molecule has 1 saturated heterocycles. The molecule has 2 rings (SSSR count). The van der Waals surface area contributed by atoms with Crippen LogP contribution in [0.2, 0.25) is 0 Å². The minimum Gasteiger partial charge on any atom is -0.300 e. The summed E-state index contributed by atoms with van der Waals surface area (Å²) in [4.78, 5) is 2.65. The normalized spacial score (nSPS) is 39.1. The second-order valence-electron chi connectivity index (χ2n) is 5.70. The summed E-state index contributed by atoms with van der Waals surface area (Å²) >= 11 is 0. The Labute approximate surface area is 105 Å². The summed E-state index contributed by atoms with van der Waals surface area (Å²) in [6.45, 7) is 6.57. The zero-order valence-corrected chi connectivity index (χ0v) is 11.2. The maximum atomic E-state index is 9.40. The molecule has 3 nitrogen and oxygen atoms in total. The molecule has 96 valence electrons. The zero-order valence-electron chi connectivity index (χ0n) is 11.2. The third kappa shape index (κ3) is 2.64. The van der Waals surface area contributed by atoms with Crippen LogP contribution in [-0.2, 0) is 0 Å². The van der Waals surface area contributed by atoms with Crippen molar-refractivity contribution in [2.24, 2.45) is 0 Å². The Bertz CT molecular complexity index is 296. The third-order valence-electron chi connectivity index (χ3n) is 4.54. The zero-order chi connectivity index (χ0) is 12.3. The van der Waals surface area contributed by atoms with Crippen LogP contribution in [0.3, 0.4) is 0 Å². The molecule has 3 unspecified atom stereocenters. The monoisotopic (exact) mass is 235 g/mol. The average molecular weight is 235 g/mol. The number of likely N-dealkylation sites (tertiary alicyclic amines) is 1. The van der Waals surface area contributed by atoms with E-state index in [1.165, 1.54) is 32.2 Å². The molecule has 0 amide bonds. The van der Waals surface area contributed by atoms with E-state index in [1.807, 2.05) is 0 Å². The van der Waals surface area contributed by atoms with E-state index in [4.69, 9.17) is 0 Å². The van der Waals surface area contributed by atoms with Crippen LogP contribution in [0, 0.1) is 11.3 Å². The molecule has 2 aliphatic rings. The summed E-state index contributed by atoms with van der Waals surface area (Å²) in [7, 11) is 0. The fourth-order valence-corrected chi connectivity index (χ4v) is 3.61. The van der Waals surface area contributed by atoms with Gasteiger partial charge in [0.15, 0.2) is 0 Å². The Morgan fingerprint density at radius 2 is 2.24 bits per heavy atom. The van der Waals surface area contributed by atoms with Crippen LogP contribution in [0.15, 0.2) is 0 Å². The van der Waals surface area contributed by atoms with Crippen LogP contribution in [-0.4, -0.2) is 35.6 Å². The van der Waals surface area contributed by atoms with Crippen LogP contribution in [0.25, 0.3) is 0 Å². The first-order chi connectivity index (χ1) is 8.21. The van der Waals surface area contributed by atoms with Gasteiger partial charge in [-0.05, 0) is 52.1 Å². The molecule has 0 aromatic heterocycles. The lowest BCUT2D eigenvalue weighted by atomic mass is 9.97. The number of hydrogen-bond donors (Lipinski definition) is 1. The molecular weight excluding hydrogens is 210 g/mol. The average Bonchev–Trinajstić information content (AvgIpc) is 2.75. The maximum absolute atomic E-state index is 9.40. The summed E-state index contributed by atoms with van der Waals surface area (Å²) in [5.41, 5.74) is -0.240. The Hall–Kier alpha value is -0.590. The molecule has 0 aromatic rings. The van der Waals surface area contributed by atoms with Crippen molar-refractivity contribution < 1.29 is 0 Å². The second kappa shape index (κ2) is 5.37. The van der Waals surface area contributed by atoms with E-state index in [-0.39, 0.29) is 5.54 Å². The topological polar surface area (TPSA) is 39.1 Å². The SMILES string of the molecule is CCNC1(C#N)CCC(N2CCCCC2C)C1. The third-order valence-corrected chi connectivity index (χ3v) is 4.54. The molecule has 1 aliphatic carbocycles. The Morgan fingerprint density at radius 1 is 1.41 bits per heavy atom. The molecule has 17 heavy (non-hydrogen) atoms. The highest BCUT2D eigenvalue weighted by Gasteiger charge is 2.42. The van der Waals surface area contributed by atoms with Crippen LogP contribution in [0.4, 0.5) is 0 Å². The van der Waals surface area contributed by atoms with Gasteiger partial charge in [0.1, 0.15) is 5.54 Å². The molecule has 0 bridgehead atoms. The highest BCUT2D eigenvalue weighted by atomic mass is 15.2. The number of hydrogen-bond acceptors (Lipinski definition) is 3. The standard InChI is InChI=1S/C14H25N3/c1-3-16-14(11-15)8-7-13(10-14)17-9-5-4-6-12(17)2/h12-13,16H,3-10H2,1-2H3. The van der Waals surface area contributed by atoms with Crippen LogP contribution in [0.1, 0.15) is 52.4 Å². The van der Waals surface area contributed by atoms with E-state index in [1.54, 1.807) is 0 Å². The lowest BCUT2D eigenvalue weighted by Crippen LogP contribution is -2.47. The molecule has 0 aromatic carbocycles. The van der Waals surface area contributed by atoms with Gasteiger partial charge in [-0.1, -0.05) is 13.3 Å². The van der Waals surface area contributed by atoms with E-state index in [9.17, 15) is 5.26 Å². The first kappa shape index (κ1) is 12.9. The summed E-state index contributed by atoms with van der Waals surface area (Å²) in [5.74, 6) is 0. The van der Waals surface area contributed by atoms with Gasteiger partial charge < -0.3 is 0 Å². The van der Waals surface area contributed by atoms with Gasteiger partial charge in [-0.25, -0.2) is 0 Å². The highest BCUT2D eigenvalue weighted by Crippen LogP contribution is 2.35. The number of nitriles is 1. The number of piperidine rings is 1. The summed E-state index contributed by atoms with van der Waals surface area (Å²) in [6, 6.07) is 3.87. The maximum Gasteiger partial charge on any atom is 0.108 e. The second-order valence-corrected chi connectivity index (χ2v) is 5.70. The van der Waals surface area contributed by atoms with Crippen molar-refractivity contribution in [2.75, 3.05) is 13.1 Å². The van der Waals surface area contributed by atoms with Gasteiger partial charge in [-0.15, -0.1) is 0 Å². The first-order valence-corrected chi connectivity index (χ1v) is 7.13. The largest absolute Gasteiger partial charge is 0.300 e.